The fourth-order valence-corrected chi connectivity index (χ4v) is 3.09. The Labute approximate surface area is 90.5 Å². The Morgan fingerprint density at radius 1 is 1.00 bits per heavy atom. The molecule has 2 atom stereocenters. The van der Waals surface area contributed by atoms with Gasteiger partial charge in [0.1, 0.15) is 0 Å². The van der Waals surface area contributed by atoms with Crippen LogP contribution < -0.4 is 0 Å². The molecule has 0 aliphatic heterocycles. The maximum Gasteiger partial charge on any atom is 0.0934 e. The van der Waals surface area contributed by atoms with E-state index in [1.165, 1.54) is 21.6 Å². The molecule has 0 rings (SSSR count). The van der Waals surface area contributed by atoms with Crippen molar-refractivity contribution in [1.82, 2.24) is 0 Å². The lowest BCUT2D eigenvalue weighted by atomic mass is 10.5. The summed E-state index contributed by atoms with van der Waals surface area (Å²) in [5.74, 6) is 0. The van der Waals surface area contributed by atoms with Gasteiger partial charge in [-0.1, -0.05) is 45.7 Å². The Morgan fingerprint density at radius 3 is 1.57 bits per heavy atom. The SMILES string of the molecule is CCC(N=[N+]=[N-])SSC(CC)N=[N+]=[N-]. The van der Waals surface area contributed by atoms with Gasteiger partial charge >= 0.3 is 0 Å². The van der Waals surface area contributed by atoms with Gasteiger partial charge in [0.2, 0.25) is 0 Å². The van der Waals surface area contributed by atoms with Crippen LogP contribution in [0.15, 0.2) is 10.2 Å². The van der Waals surface area contributed by atoms with Crippen LogP contribution in [-0.2, 0) is 0 Å². The van der Waals surface area contributed by atoms with E-state index in [9.17, 15) is 0 Å². The molecule has 2 unspecified atom stereocenters. The molecule has 0 N–H and O–H groups in total. The first-order chi connectivity index (χ1) is 6.78. The minimum absolute atomic E-state index is 0.0899. The molecule has 0 heterocycles. The van der Waals surface area contributed by atoms with Gasteiger partial charge < -0.3 is 0 Å². The Balaban J connectivity index is 3.98. The first-order valence-corrected chi connectivity index (χ1v) is 6.46. The Bertz CT molecular complexity index is 219. The Morgan fingerprint density at radius 2 is 1.36 bits per heavy atom. The quantitative estimate of drug-likeness (QED) is 0.280. The van der Waals surface area contributed by atoms with E-state index in [0.717, 1.165) is 12.8 Å². The molecule has 0 aliphatic rings. The number of hydrogen-bond donors (Lipinski definition) is 0. The average Bonchev–Trinajstić information content (AvgIpc) is 2.22. The first kappa shape index (κ1) is 13.3. The monoisotopic (exact) mass is 232 g/mol. The van der Waals surface area contributed by atoms with Gasteiger partial charge in [0, 0.05) is 9.82 Å². The molecule has 8 heteroatoms. The summed E-state index contributed by atoms with van der Waals surface area (Å²) >= 11 is 0. The number of hydrogen-bond acceptors (Lipinski definition) is 4. The zero-order valence-electron chi connectivity index (χ0n) is 8.07. The van der Waals surface area contributed by atoms with Crippen molar-refractivity contribution in [2.45, 2.75) is 37.4 Å². The van der Waals surface area contributed by atoms with E-state index < -0.39 is 0 Å². The lowest BCUT2D eigenvalue weighted by Crippen LogP contribution is -1.96. The van der Waals surface area contributed by atoms with E-state index in [1.54, 1.807) is 0 Å². The maximum absolute atomic E-state index is 8.25. The molecule has 0 aromatic rings. The predicted molar refractivity (Wildman–Crippen MR) is 61.6 cm³/mol. The highest BCUT2D eigenvalue weighted by atomic mass is 33.1. The fourth-order valence-electron chi connectivity index (χ4n) is 0.581. The van der Waals surface area contributed by atoms with Crippen molar-refractivity contribution in [1.29, 1.82) is 0 Å². The summed E-state index contributed by atoms with van der Waals surface area (Å²) < 4.78 is 0. The molecule has 0 saturated heterocycles. The van der Waals surface area contributed by atoms with E-state index in [1.807, 2.05) is 13.8 Å². The summed E-state index contributed by atoms with van der Waals surface area (Å²) in [7, 11) is 2.90. The average molecular weight is 232 g/mol. The third kappa shape index (κ3) is 5.88. The minimum Gasteiger partial charge on any atom is -0.0843 e. The van der Waals surface area contributed by atoms with E-state index >= 15 is 0 Å². The second-order valence-corrected chi connectivity index (χ2v) is 4.96. The molecule has 0 aromatic carbocycles. The second-order valence-electron chi connectivity index (χ2n) is 2.33. The van der Waals surface area contributed by atoms with E-state index in [-0.39, 0.29) is 10.7 Å². The van der Waals surface area contributed by atoms with Gasteiger partial charge in [-0.15, -0.1) is 0 Å². The number of azide groups is 2. The zero-order valence-corrected chi connectivity index (χ0v) is 9.70. The molecule has 0 saturated carbocycles. The van der Waals surface area contributed by atoms with Crippen molar-refractivity contribution in [2.75, 3.05) is 0 Å². The van der Waals surface area contributed by atoms with Gasteiger partial charge in [0.25, 0.3) is 0 Å². The van der Waals surface area contributed by atoms with Gasteiger partial charge in [-0.25, -0.2) is 0 Å². The summed E-state index contributed by atoms with van der Waals surface area (Å²) in [6.45, 7) is 3.89. The van der Waals surface area contributed by atoms with Crippen molar-refractivity contribution < 1.29 is 0 Å². The van der Waals surface area contributed by atoms with E-state index in [4.69, 9.17) is 11.1 Å². The molecule has 0 fully saturated rings. The number of rotatable bonds is 7. The van der Waals surface area contributed by atoms with Crippen molar-refractivity contribution in [3.05, 3.63) is 20.9 Å². The van der Waals surface area contributed by atoms with Gasteiger partial charge in [-0.3, -0.25) is 0 Å². The topological polar surface area (TPSA) is 97.5 Å². The third-order valence-electron chi connectivity index (χ3n) is 1.34. The predicted octanol–water partition coefficient (Wildman–Crippen LogP) is 4.46. The number of nitrogens with zero attached hydrogens (tertiary/aromatic N) is 6. The van der Waals surface area contributed by atoms with Crippen molar-refractivity contribution >= 4 is 21.6 Å². The highest BCUT2D eigenvalue weighted by Gasteiger charge is 2.09. The molecular formula is C6H12N6S2. The van der Waals surface area contributed by atoms with Crippen LogP contribution in [0.5, 0.6) is 0 Å². The first-order valence-electron chi connectivity index (χ1n) is 4.19. The summed E-state index contributed by atoms with van der Waals surface area (Å²) in [6.07, 6.45) is 1.54. The largest absolute Gasteiger partial charge is 0.0934 e. The highest BCUT2D eigenvalue weighted by Crippen LogP contribution is 2.35. The van der Waals surface area contributed by atoms with Gasteiger partial charge in [0.05, 0.1) is 10.7 Å². The molecular weight excluding hydrogens is 220 g/mol. The fraction of sp³-hybridized carbons (Fsp3) is 1.00. The minimum atomic E-state index is -0.0899. The van der Waals surface area contributed by atoms with Crippen LogP contribution in [0.4, 0.5) is 0 Å². The van der Waals surface area contributed by atoms with Gasteiger partial charge in [-0.2, -0.15) is 0 Å². The van der Waals surface area contributed by atoms with E-state index in [2.05, 4.69) is 20.1 Å². The van der Waals surface area contributed by atoms with E-state index in [0.29, 0.717) is 0 Å². The molecule has 0 amide bonds. The lowest BCUT2D eigenvalue weighted by Gasteiger charge is -2.10. The molecule has 6 nitrogen and oxygen atoms in total. The zero-order chi connectivity index (χ0) is 10.8. The van der Waals surface area contributed by atoms with Crippen LogP contribution in [0.2, 0.25) is 0 Å². The molecule has 0 aliphatic carbocycles. The summed E-state index contributed by atoms with van der Waals surface area (Å²) in [5.41, 5.74) is 16.5. The summed E-state index contributed by atoms with van der Waals surface area (Å²) in [6, 6.07) is 0. The second kappa shape index (κ2) is 8.90. The Kier molecular flexibility index (Phi) is 8.47. The van der Waals surface area contributed by atoms with Crippen LogP contribution in [0, 0.1) is 0 Å². The van der Waals surface area contributed by atoms with Crippen LogP contribution in [0.1, 0.15) is 26.7 Å². The lowest BCUT2D eigenvalue weighted by molar-refractivity contribution is 0.857. The molecule has 0 aromatic heterocycles. The summed E-state index contributed by atoms with van der Waals surface area (Å²) in [4.78, 5) is 5.49. The van der Waals surface area contributed by atoms with Crippen LogP contribution in [-0.4, -0.2) is 10.7 Å². The Hall–Kier alpha value is -0.680. The molecule has 78 valence electrons. The van der Waals surface area contributed by atoms with Crippen LogP contribution >= 0.6 is 21.6 Å². The van der Waals surface area contributed by atoms with Crippen LogP contribution in [0.3, 0.4) is 0 Å². The molecule has 0 bridgehead atoms. The summed E-state index contributed by atoms with van der Waals surface area (Å²) in [5, 5.41) is 7.01. The van der Waals surface area contributed by atoms with Gasteiger partial charge in [-0.05, 0) is 23.9 Å². The van der Waals surface area contributed by atoms with Crippen LogP contribution in [0.25, 0.3) is 20.9 Å². The normalized spacial score (nSPS) is 13.6. The standard InChI is InChI=1S/C6H12N6S2/c1-3-5(9-11-7)13-14-6(4-2)10-12-8/h5-6H,3-4H2,1-2H3. The third-order valence-corrected chi connectivity index (χ3v) is 4.41. The maximum atomic E-state index is 8.25. The van der Waals surface area contributed by atoms with Gasteiger partial charge in [0.15, 0.2) is 0 Å². The van der Waals surface area contributed by atoms with Crippen molar-refractivity contribution in [2.24, 2.45) is 10.2 Å². The molecule has 0 spiro atoms. The van der Waals surface area contributed by atoms with Crippen molar-refractivity contribution in [3.8, 4) is 0 Å². The molecule has 0 radical (unpaired) electrons. The smallest absolute Gasteiger partial charge is 0.0843 e. The van der Waals surface area contributed by atoms with Crippen molar-refractivity contribution in [3.63, 3.8) is 0 Å². The molecule has 14 heavy (non-hydrogen) atoms. The highest BCUT2D eigenvalue weighted by molar-refractivity contribution is 8.77.